The van der Waals surface area contributed by atoms with E-state index in [1.165, 1.54) is 116 Å². The van der Waals surface area contributed by atoms with E-state index in [2.05, 4.69) is 98.9 Å². The van der Waals surface area contributed by atoms with Crippen LogP contribution in [0.2, 0.25) is 0 Å². The minimum Gasteiger partial charge on any atom is -0.462 e. The van der Waals surface area contributed by atoms with E-state index in [0.717, 1.165) is 96.3 Å². The van der Waals surface area contributed by atoms with Crippen molar-refractivity contribution in [3.8, 4) is 0 Å². The molecule has 0 aromatic rings. The lowest BCUT2D eigenvalue weighted by Gasteiger charge is -2.19. The third-order valence-electron chi connectivity index (χ3n) is 11.8. The molecule has 0 saturated heterocycles. The van der Waals surface area contributed by atoms with Gasteiger partial charge in [0.15, 0.2) is 6.10 Å². The molecule has 0 saturated carbocycles. The Bertz CT molecular complexity index is 1400. The van der Waals surface area contributed by atoms with E-state index in [1.807, 2.05) is 0 Å². The Labute approximate surface area is 424 Å². The molecule has 10 heteroatoms. The van der Waals surface area contributed by atoms with Crippen LogP contribution in [0.15, 0.2) is 85.1 Å². The van der Waals surface area contributed by atoms with E-state index in [1.54, 1.807) is 0 Å². The fourth-order valence-corrected chi connectivity index (χ4v) is 8.44. The van der Waals surface area contributed by atoms with Crippen LogP contribution in [0.1, 0.15) is 245 Å². The second kappa shape index (κ2) is 54.5. The highest BCUT2D eigenvalue weighted by atomic mass is 31.2. The second-order valence-corrected chi connectivity index (χ2v) is 19.9. The van der Waals surface area contributed by atoms with Gasteiger partial charge >= 0.3 is 19.8 Å². The lowest BCUT2D eigenvalue weighted by atomic mass is 10.0. The number of nitrogens with two attached hydrogens (primary N) is 1. The summed E-state index contributed by atoms with van der Waals surface area (Å²) in [7, 11) is -4.40. The smallest absolute Gasteiger partial charge is 0.462 e. The molecule has 0 rings (SSSR count). The van der Waals surface area contributed by atoms with Crippen LogP contribution < -0.4 is 5.73 Å². The van der Waals surface area contributed by atoms with Crippen molar-refractivity contribution in [2.24, 2.45) is 5.73 Å². The average molecular weight is 986 g/mol. The monoisotopic (exact) mass is 986 g/mol. The molecule has 0 fully saturated rings. The van der Waals surface area contributed by atoms with Gasteiger partial charge in [-0.1, -0.05) is 247 Å². The maximum absolute atomic E-state index is 12.7. The number of rotatable bonds is 52. The highest BCUT2D eigenvalue weighted by Gasteiger charge is 2.26. The molecule has 0 radical (unpaired) electrons. The largest absolute Gasteiger partial charge is 0.472 e. The summed E-state index contributed by atoms with van der Waals surface area (Å²) in [6.45, 7) is 3.63. The highest BCUT2D eigenvalue weighted by molar-refractivity contribution is 7.47. The van der Waals surface area contributed by atoms with Crippen molar-refractivity contribution in [2.75, 3.05) is 26.4 Å². The molecule has 0 aliphatic carbocycles. The van der Waals surface area contributed by atoms with Gasteiger partial charge in [0.1, 0.15) is 6.61 Å². The Morgan fingerprint density at radius 3 is 1.19 bits per heavy atom. The topological polar surface area (TPSA) is 134 Å². The van der Waals surface area contributed by atoms with Crippen molar-refractivity contribution in [3.05, 3.63) is 85.1 Å². The Morgan fingerprint density at radius 1 is 0.449 bits per heavy atom. The van der Waals surface area contributed by atoms with Crippen LogP contribution in [0.25, 0.3) is 0 Å². The molecule has 0 aliphatic heterocycles. The molecule has 398 valence electrons. The maximum atomic E-state index is 12.7. The minimum absolute atomic E-state index is 0.0469. The number of hydrogen-bond acceptors (Lipinski definition) is 8. The van der Waals surface area contributed by atoms with Gasteiger partial charge in [-0.25, -0.2) is 4.57 Å². The predicted molar refractivity (Wildman–Crippen MR) is 293 cm³/mol. The summed E-state index contributed by atoms with van der Waals surface area (Å²) in [6.07, 6.45) is 70.6. The molecule has 0 aliphatic rings. The van der Waals surface area contributed by atoms with Gasteiger partial charge in [-0.05, 0) is 70.6 Å². The standard InChI is InChI=1S/C59H104NO8P/c1-3-5-7-9-11-13-15-17-19-21-23-25-26-27-28-29-30-32-34-36-38-40-42-44-46-48-50-52-59(62)68-57(56-67-69(63,64)66-54-53-60)55-65-58(61)51-49-47-45-43-41-39-37-35-33-31-24-22-20-18-16-14-12-10-8-6-4-2/h5,7,11,13,17,19,23,25,27-28,30,32,36,38,57H,3-4,6,8-10,12,14-16,18,20-22,24,26,29,31,33-35,37,39-56,60H2,1-2H3,(H,63,64)/b7-5-,13-11-,19-17-,25-23-,28-27-,32-30-,38-36-. The first kappa shape index (κ1) is 66.2. The molecule has 2 unspecified atom stereocenters. The van der Waals surface area contributed by atoms with Gasteiger partial charge in [0.25, 0.3) is 0 Å². The van der Waals surface area contributed by atoms with Crippen LogP contribution >= 0.6 is 7.82 Å². The summed E-state index contributed by atoms with van der Waals surface area (Å²) in [4.78, 5) is 35.2. The highest BCUT2D eigenvalue weighted by Crippen LogP contribution is 2.43. The molecule has 0 amide bonds. The number of esters is 2. The summed E-state index contributed by atoms with van der Waals surface area (Å²) in [5.41, 5.74) is 5.38. The number of phosphoric acid groups is 1. The van der Waals surface area contributed by atoms with E-state index in [0.29, 0.717) is 6.42 Å². The summed E-state index contributed by atoms with van der Waals surface area (Å²) >= 11 is 0. The molecule has 0 spiro atoms. The van der Waals surface area contributed by atoms with Gasteiger partial charge in [0, 0.05) is 19.4 Å². The first-order valence-electron chi connectivity index (χ1n) is 28.1. The zero-order valence-corrected chi connectivity index (χ0v) is 45.2. The summed E-state index contributed by atoms with van der Waals surface area (Å²) in [5.74, 6) is -0.846. The van der Waals surface area contributed by atoms with Crippen LogP contribution in [0.4, 0.5) is 0 Å². The first-order valence-corrected chi connectivity index (χ1v) is 29.6. The van der Waals surface area contributed by atoms with Gasteiger partial charge < -0.3 is 20.1 Å². The number of phosphoric ester groups is 1. The van der Waals surface area contributed by atoms with Crippen LogP contribution in [-0.2, 0) is 32.7 Å². The van der Waals surface area contributed by atoms with Crippen molar-refractivity contribution in [1.29, 1.82) is 0 Å². The fourth-order valence-electron chi connectivity index (χ4n) is 7.68. The summed E-state index contributed by atoms with van der Waals surface area (Å²) in [5, 5.41) is 0. The number of carbonyl (C=O) groups is 2. The quantitative estimate of drug-likeness (QED) is 0.0264. The van der Waals surface area contributed by atoms with E-state index < -0.39 is 26.5 Å². The molecule has 0 heterocycles. The molecular formula is C59H104NO8P. The average Bonchev–Trinajstić information content (AvgIpc) is 3.34. The summed E-state index contributed by atoms with van der Waals surface area (Å²) in [6, 6.07) is 0. The Morgan fingerprint density at radius 2 is 0.797 bits per heavy atom. The second-order valence-electron chi connectivity index (χ2n) is 18.4. The van der Waals surface area contributed by atoms with Crippen molar-refractivity contribution in [1.82, 2.24) is 0 Å². The third kappa shape index (κ3) is 54.4. The third-order valence-corrected chi connectivity index (χ3v) is 12.8. The molecule has 2 atom stereocenters. The van der Waals surface area contributed by atoms with E-state index >= 15 is 0 Å². The number of carbonyl (C=O) groups excluding carboxylic acids is 2. The van der Waals surface area contributed by atoms with Crippen LogP contribution in [0, 0.1) is 0 Å². The predicted octanol–water partition coefficient (Wildman–Crippen LogP) is 17.5. The fraction of sp³-hybridized carbons (Fsp3) is 0.729. The van der Waals surface area contributed by atoms with E-state index in [4.69, 9.17) is 24.3 Å². The van der Waals surface area contributed by atoms with E-state index in [9.17, 15) is 19.0 Å². The lowest BCUT2D eigenvalue weighted by Crippen LogP contribution is -2.29. The zero-order valence-electron chi connectivity index (χ0n) is 44.3. The first-order chi connectivity index (χ1) is 33.8. The van der Waals surface area contributed by atoms with Gasteiger partial charge in [0.05, 0.1) is 13.2 Å². The minimum atomic E-state index is -4.40. The molecule has 0 aromatic heterocycles. The number of ether oxygens (including phenoxy) is 2. The van der Waals surface area contributed by atoms with Crippen molar-refractivity contribution >= 4 is 19.8 Å². The molecule has 0 aromatic carbocycles. The summed E-state index contributed by atoms with van der Waals surface area (Å²) < 4.78 is 33.0. The number of unbranched alkanes of at least 4 members (excludes halogenated alkanes) is 25. The molecule has 9 nitrogen and oxygen atoms in total. The Hall–Kier alpha value is -2.81. The normalized spacial score (nSPS) is 13.7. The van der Waals surface area contributed by atoms with E-state index in [-0.39, 0.29) is 38.6 Å². The molecule has 69 heavy (non-hydrogen) atoms. The zero-order chi connectivity index (χ0) is 50.2. The van der Waals surface area contributed by atoms with Crippen LogP contribution in [-0.4, -0.2) is 49.3 Å². The molecule has 3 N–H and O–H groups in total. The van der Waals surface area contributed by atoms with Crippen molar-refractivity contribution in [2.45, 2.75) is 251 Å². The van der Waals surface area contributed by atoms with Gasteiger partial charge in [-0.3, -0.25) is 18.6 Å². The number of allylic oxidation sites excluding steroid dienone is 14. The lowest BCUT2D eigenvalue weighted by molar-refractivity contribution is -0.161. The van der Waals surface area contributed by atoms with Crippen molar-refractivity contribution in [3.63, 3.8) is 0 Å². The Balaban J connectivity index is 4.07. The van der Waals surface area contributed by atoms with Gasteiger partial charge in [-0.2, -0.15) is 0 Å². The number of hydrogen-bond donors (Lipinski definition) is 2. The van der Waals surface area contributed by atoms with Crippen LogP contribution in [0.5, 0.6) is 0 Å². The van der Waals surface area contributed by atoms with Gasteiger partial charge in [-0.15, -0.1) is 0 Å². The van der Waals surface area contributed by atoms with Crippen LogP contribution in [0.3, 0.4) is 0 Å². The maximum Gasteiger partial charge on any atom is 0.472 e. The SMILES string of the molecule is CC/C=C\C/C=C\C/C=C\C/C=C\C/C=C\C/C=C\C/C=C\CCCCCCCC(=O)OC(COC(=O)CCCCCCCCCCCCCCCCCCCCCCC)COP(=O)(O)OCCN. The Kier molecular flexibility index (Phi) is 52.3. The molecule has 0 bridgehead atoms. The van der Waals surface area contributed by atoms with Crippen molar-refractivity contribution < 1.29 is 37.6 Å². The van der Waals surface area contributed by atoms with Gasteiger partial charge in [0.2, 0.25) is 0 Å². The molecular weight excluding hydrogens is 882 g/mol.